The first-order valence-electron chi connectivity index (χ1n) is 17.5. The number of hydrazine groups is 1. The quantitative estimate of drug-likeness (QED) is 0.0933. The van der Waals surface area contributed by atoms with Gasteiger partial charge in [-0.1, -0.05) is 56.9 Å². The van der Waals surface area contributed by atoms with E-state index in [1.165, 1.54) is 6.92 Å². The second kappa shape index (κ2) is 19.8. The van der Waals surface area contributed by atoms with Gasteiger partial charge in [0.05, 0.1) is 32.2 Å². The van der Waals surface area contributed by atoms with Crippen molar-refractivity contribution < 1.29 is 28.9 Å². The number of nitrogens with zero attached hydrogens (tertiary/aromatic N) is 4. The number of hydrogen-bond donors (Lipinski definition) is 1. The van der Waals surface area contributed by atoms with Crippen molar-refractivity contribution in [2.75, 3.05) is 47.4 Å². The summed E-state index contributed by atoms with van der Waals surface area (Å²) in [6.07, 6.45) is 6.96. The van der Waals surface area contributed by atoms with Gasteiger partial charge in [-0.25, -0.2) is 5.01 Å². The molecule has 0 spiro atoms. The molecule has 1 aliphatic heterocycles. The molecule has 49 heavy (non-hydrogen) atoms. The number of nitriles is 1. The summed E-state index contributed by atoms with van der Waals surface area (Å²) in [4.78, 5) is 30.1. The van der Waals surface area contributed by atoms with E-state index >= 15 is 0 Å². The minimum Gasteiger partial charge on any atom is -0.493 e. The molecule has 1 amide bonds. The first-order valence-corrected chi connectivity index (χ1v) is 17.5. The second-order valence-corrected chi connectivity index (χ2v) is 13.1. The van der Waals surface area contributed by atoms with Crippen molar-refractivity contribution in [3.05, 3.63) is 63.7 Å². The second-order valence-electron chi connectivity index (χ2n) is 13.1. The van der Waals surface area contributed by atoms with E-state index in [9.17, 15) is 20.2 Å². The molecule has 0 aliphatic carbocycles. The number of rotatable bonds is 21. The van der Waals surface area contributed by atoms with Gasteiger partial charge in [-0.2, -0.15) is 5.26 Å². The predicted octanol–water partition coefficient (Wildman–Crippen LogP) is 6.11. The number of piperidine rings is 1. The van der Waals surface area contributed by atoms with Crippen LogP contribution in [0.1, 0.15) is 83.3 Å². The van der Waals surface area contributed by atoms with E-state index in [1.807, 2.05) is 42.5 Å². The van der Waals surface area contributed by atoms with Crippen LogP contribution in [-0.4, -0.2) is 80.6 Å². The number of unbranched alkanes of at least 4 members (excludes halogenated alkanes) is 3. The molecule has 0 aromatic heterocycles. The fourth-order valence-corrected chi connectivity index (χ4v) is 6.77. The summed E-state index contributed by atoms with van der Waals surface area (Å²) in [5.74, 6) is 1.58. The monoisotopic (exact) mass is 681 g/mol. The summed E-state index contributed by atoms with van der Waals surface area (Å²) in [7, 11) is 5.33. The van der Waals surface area contributed by atoms with Crippen LogP contribution in [0.2, 0.25) is 0 Å². The third-order valence-corrected chi connectivity index (χ3v) is 9.55. The van der Waals surface area contributed by atoms with Crippen LogP contribution in [0, 0.1) is 27.4 Å². The number of likely N-dealkylation sites (N-methyl/N-ethyl adjacent to an activating group) is 1. The van der Waals surface area contributed by atoms with E-state index in [0.717, 1.165) is 75.6 Å². The number of hydrogen-bond acceptors (Lipinski definition) is 10. The molecule has 1 fully saturated rings. The van der Waals surface area contributed by atoms with E-state index in [2.05, 4.69) is 30.4 Å². The van der Waals surface area contributed by atoms with Gasteiger partial charge in [0.25, 0.3) is 5.09 Å². The highest BCUT2D eigenvalue weighted by molar-refractivity contribution is 5.72. The third kappa shape index (κ3) is 11.8. The minimum absolute atomic E-state index is 0.178. The van der Waals surface area contributed by atoms with Crippen molar-refractivity contribution in [1.82, 2.24) is 15.3 Å². The number of benzene rings is 2. The molecule has 0 bridgehead atoms. The standard InChI is InChI=1S/C37H55N5O7/c1-7-8-9-12-20-37(27-38,31-16-17-34(46-5)35(25-31)47-6)21-13-22-40(4)23-18-30-14-10-11-15-33(30)48-36-26-41(39-29(3)43)24-19-32(36)28(2)49-42(44)45/h10-11,14-17,25,28,32,36H,7-9,12-13,18-24,26H2,1-6H3,(H,39,43). The Bertz CT molecular complexity index is 1390. The van der Waals surface area contributed by atoms with E-state index < -0.39 is 22.7 Å². The maximum atomic E-state index is 11.7. The Hall–Kier alpha value is -4.08. The number of para-hydroxylation sites is 1. The Kier molecular flexibility index (Phi) is 15.9. The first-order chi connectivity index (χ1) is 23.5. The number of methoxy groups -OCH3 is 2. The van der Waals surface area contributed by atoms with Gasteiger partial charge < -0.3 is 23.9 Å². The van der Waals surface area contributed by atoms with E-state index in [1.54, 1.807) is 26.2 Å². The van der Waals surface area contributed by atoms with Gasteiger partial charge in [0, 0.05) is 25.9 Å². The average molecular weight is 682 g/mol. The maximum absolute atomic E-state index is 11.7. The fourth-order valence-electron chi connectivity index (χ4n) is 6.77. The van der Waals surface area contributed by atoms with Gasteiger partial charge in [-0.3, -0.25) is 10.2 Å². The van der Waals surface area contributed by atoms with Crippen LogP contribution in [0.4, 0.5) is 0 Å². The van der Waals surface area contributed by atoms with Gasteiger partial charge >= 0.3 is 0 Å². The number of carbonyl (C=O) groups excluding carboxylic acids is 1. The molecule has 12 heteroatoms. The van der Waals surface area contributed by atoms with E-state index in [0.29, 0.717) is 36.8 Å². The Balaban J connectivity index is 1.67. The lowest BCUT2D eigenvalue weighted by Gasteiger charge is -2.40. The van der Waals surface area contributed by atoms with Crippen molar-refractivity contribution in [1.29, 1.82) is 5.26 Å². The van der Waals surface area contributed by atoms with Crippen molar-refractivity contribution >= 4 is 5.91 Å². The Morgan fingerprint density at radius 2 is 1.84 bits per heavy atom. The molecule has 2 aromatic rings. The Labute approximate surface area is 291 Å². The zero-order valence-electron chi connectivity index (χ0n) is 30.1. The summed E-state index contributed by atoms with van der Waals surface area (Å²) < 4.78 is 17.6. The van der Waals surface area contributed by atoms with Crippen molar-refractivity contribution in [3.8, 4) is 23.3 Å². The third-order valence-electron chi connectivity index (χ3n) is 9.55. The Morgan fingerprint density at radius 3 is 2.51 bits per heavy atom. The highest BCUT2D eigenvalue weighted by Crippen LogP contribution is 2.39. The summed E-state index contributed by atoms with van der Waals surface area (Å²) >= 11 is 0. The molecule has 3 rings (SSSR count). The van der Waals surface area contributed by atoms with Crippen LogP contribution in [0.5, 0.6) is 17.2 Å². The van der Waals surface area contributed by atoms with E-state index in [4.69, 9.17) is 19.0 Å². The maximum Gasteiger partial charge on any atom is 0.294 e. The van der Waals surface area contributed by atoms with Crippen molar-refractivity contribution in [2.45, 2.75) is 96.2 Å². The minimum atomic E-state index is -0.757. The molecule has 0 saturated carbocycles. The average Bonchev–Trinajstić information content (AvgIpc) is 3.08. The van der Waals surface area contributed by atoms with Crippen LogP contribution in [0.15, 0.2) is 42.5 Å². The molecule has 1 heterocycles. The van der Waals surface area contributed by atoms with Crippen LogP contribution in [-0.2, 0) is 21.5 Å². The summed E-state index contributed by atoms with van der Waals surface area (Å²) in [5.41, 5.74) is 4.20. The molecular formula is C37H55N5O7. The predicted molar refractivity (Wildman–Crippen MR) is 188 cm³/mol. The highest BCUT2D eigenvalue weighted by Gasteiger charge is 2.37. The molecule has 1 N–H and O–H groups in total. The van der Waals surface area contributed by atoms with Crippen LogP contribution in [0.25, 0.3) is 0 Å². The molecule has 2 aromatic carbocycles. The van der Waals surface area contributed by atoms with Gasteiger partial charge in [0.1, 0.15) is 18.0 Å². The molecular weight excluding hydrogens is 626 g/mol. The largest absolute Gasteiger partial charge is 0.493 e. The van der Waals surface area contributed by atoms with Crippen LogP contribution >= 0.6 is 0 Å². The van der Waals surface area contributed by atoms with Gasteiger partial charge in [-0.15, -0.1) is 10.1 Å². The number of ether oxygens (including phenoxy) is 3. The number of carbonyl (C=O) groups is 1. The molecule has 0 radical (unpaired) electrons. The van der Waals surface area contributed by atoms with Crippen molar-refractivity contribution in [3.63, 3.8) is 0 Å². The molecule has 270 valence electrons. The molecule has 1 aliphatic rings. The lowest BCUT2D eigenvalue weighted by atomic mass is 9.74. The normalized spacial score (nSPS) is 18.2. The first kappa shape index (κ1) is 39.4. The summed E-state index contributed by atoms with van der Waals surface area (Å²) in [6, 6.07) is 16.4. The van der Waals surface area contributed by atoms with Crippen LogP contribution in [0.3, 0.4) is 0 Å². The summed E-state index contributed by atoms with van der Waals surface area (Å²) in [6.45, 7) is 7.85. The number of amides is 1. The zero-order chi connectivity index (χ0) is 35.8. The van der Waals surface area contributed by atoms with Gasteiger partial charge in [0.2, 0.25) is 5.91 Å². The zero-order valence-corrected chi connectivity index (χ0v) is 30.1. The van der Waals surface area contributed by atoms with Crippen molar-refractivity contribution in [2.24, 2.45) is 5.92 Å². The van der Waals surface area contributed by atoms with Crippen LogP contribution < -0.4 is 19.6 Å². The highest BCUT2D eigenvalue weighted by atomic mass is 17.0. The lowest BCUT2D eigenvalue weighted by molar-refractivity contribution is -0.770. The SMILES string of the molecule is CCCCCCC(C#N)(CCCN(C)CCc1ccccc1OC1CN(NC(C)=O)CCC1C(C)O[N+](=O)[O-])c1ccc(OC)c(OC)c1. The fraction of sp³-hybridized carbons (Fsp3) is 0.622. The molecule has 1 saturated heterocycles. The lowest BCUT2D eigenvalue weighted by Crippen LogP contribution is -2.55. The number of nitrogens with one attached hydrogen (secondary N) is 1. The van der Waals surface area contributed by atoms with E-state index in [-0.39, 0.29) is 11.8 Å². The topological polar surface area (TPSA) is 139 Å². The van der Waals surface area contributed by atoms with Gasteiger partial charge in [0.15, 0.2) is 11.5 Å². The molecule has 12 nitrogen and oxygen atoms in total. The van der Waals surface area contributed by atoms with Gasteiger partial charge in [-0.05, 0) is 81.9 Å². The Morgan fingerprint density at radius 1 is 1.10 bits per heavy atom. The molecule has 4 atom stereocenters. The summed E-state index contributed by atoms with van der Waals surface area (Å²) in [5, 5.41) is 22.8. The molecule has 4 unspecified atom stereocenters. The smallest absolute Gasteiger partial charge is 0.294 e.